The van der Waals surface area contributed by atoms with Gasteiger partial charge in [-0.2, -0.15) is 0 Å². The fourth-order valence-electron chi connectivity index (χ4n) is 3.78. The van der Waals surface area contributed by atoms with Gasteiger partial charge in [-0.3, -0.25) is 24.1 Å². The molecular weight excluding hydrogens is 388 g/mol. The maximum Gasteiger partial charge on any atom is 0.276 e. The number of piperazine rings is 1. The van der Waals surface area contributed by atoms with Gasteiger partial charge in [0.2, 0.25) is 5.91 Å². The molecule has 0 bridgehead atoms. The molecule has 30 heavy (non-hydrogen) atoms. The van der Waals surface area contributed by atoms with Crippen LogP contribution in [0.5, 0.6) is 0 Å². The number of carbonyl (C=O) groups is 4. The Hall–Kier alpha value is -3.49. The van der Waals surface area contributed by atoms with E-state index in [1.54, 1.807) is 47.1 Å². The van der Waals surface area contributed by atoms with Crippen molar-refractivity contribution in [2.45, 2.75) is 19.8 Å². The summed E-state index contributed by atoms with van der Waals surface area (Å²) < 4.78 is 4.94. The third kappa shape index (κ3) is 3.70. The fourth-order valence-corrected chi connectivity index (χ4v) is 3.78. The second-order valence-corrected chi connectivity index (χ2v) is 7.41. The van der Waals surface area contributed by atoms with Crippen LogP contribution in [0, 0.1) is 6.92 Å². The molecule has 3 heterocycles. The summed E-state index contributed by atoms with van der Waals surface area (Å²) in [6.45, 7) is 3.66. The summed E-state index contributed by atoms with van der Waals surface area (Å²) in [6.07, 6.45) is 0.644. The molecule has 9 heteroatoms. The minimum atomic E-state index is -0.307. The van der Waals surface area contributed by atoms with Crippen molar-refractivity contribution >= 4 is 23.6 Å². The van der Waals surface area contributed by atoms with Crippen LogP contribution in [0.25, 0.3) is 0 Å². The molecule has 0 spiro atoms. The van der Waals surface area contributed by atoms with E-state index < -0.39 is 0 Å². The first-order valence-corrected chi connectivity index (χ1v) is 9.91. The maximum absolute atomic E-state index is 12.5. The van der Waals surface area contributed by atoms with Gasteiger partial charge in [-0.05, 0) is 25.5 Å². The van der Waals surface area contributed by atoms with E-state index in [1.165, 1.54) is 4.90 Å². The van der Waals surface area contributed by atoms with Gasteiger partial charge in [-0.25, -0.2) is 0 Å². The third-order valence-corrected chi connectivity index (χ3v) is 5.42. The Bertz CT molecular complexity index is 971. The number of fused-ring (bicyclic) bond motifs is 1. The molecule has 2 aliphatic heterocycles. The predicted molar refractivity (Wildman–Crippen MR) is 105 cm³/mol. The normalized spacial score (nSPS) is 16.2. The SMILES string of the molecule is Cc1cc(C(=O)N2CCN(C(=O)CCCN3C(=O)c4ccccc4C3=O)CC2)no1. The first-order chi connectivity index (χ1) is 14.5. The lowest BCUT2D eigenvalue weighted by Crippen LogP contribution is -2.50. The average Bonchev–Trinajstić information content (AvgIpc) is 3.30. The van der Waals surface area contributed by atoms with E-state index in [9.17, 15) is 19.2 Å². The number of amides is 4. The van der Waals surface area contributed by atoms with Crippen LogP contribution in [0.15, 0.2) is 34.9 Å². The molecular formula is C21H22N4O5. The Kier molecular flexibility index (Phi) is 5.35. The van der Waals surface area contributed by atoms with Gasteiger partial charge in [0, 0.05) is 45.2 Å². The molecule has 1 saturated heterocycles. The molecule has 0 saturated carbocycles. The molecule has 4 amide bonds. The van der Waals surface area contributed by atoms with Crippen molar-refractivity contribution in [3.05, 3.63) is 52.9 Å². The van der Waals surface area contributed by atoms with Gasteiger partial charge in [-0.1, -0.05) is 17.3 Å². The summed E-state index contributed by atoms with van der Waals surface area (Å²) in [4.78, 5) is 54.2. The lowest BCUT2D eigenvalue weighted by molar-refractivity contribution is -0.132. The zero-order chi connectivity index (χ0) is 21.3. The molecule has 1 fully saturated rings. The molecule has 0 radical (unpaired) electrons. The molecule has 1 aromatic heterocycles. The molecule has 0 atom stereocenters. The number of carbonyl (C=O) groups excluding carboxylic acids is 4. The van der Waals surface area contributed by atoms with Crippen molar-refractivity contribution in [3.8, 4) is 0 Å². The molecule has 4 rings (SSSR count). The Labute approximate surface area is 173 Å². The Morgan fingerprint density at radius 1 is 1.00 bits per heavy atom. The Morgan fingerprint density at radius 3 is 2.17 bits per heavy atom. The van der Waals surface area contributed by atoms with Crippen LogP contribution in [-0.2, 0) is 4.79 Å². The Morgan fingerprint density at radius 2 is 1.60 bits per heavy atom. The molecule has 2 aliphatic rings. The first kappa shape index (κ1) is 19.8. The monoisotopic (exact) mass is 410 g/mol. The number of nitrogens with zero attached hydrogens (tertiary/aromatic N) is 4. The number of rotatable bonds is 5. The maximum atomic E-state index is 12.5. The standard InChI is InChI=1S/C21H22N4O5/c1-14-13-17(22-30-14)21(29)24-11-9-23(10-12-24)18(26)7-4-8-25-19(27)15-5-2-3-6-16(15)20(25)28/h2-3,5-6,13H,4,7-12H2,1H3. The second-order valence-electron chi connectivity index (χ2n) is 7.41. The smallest absolute Gasteiger partial charge is 0.276 e. The number of imide groups is 1. The van der Waals surface area contributed by atoms with E-state index in [-0.39, 0.29) is 42.3 Å². The Balaban J connectivity index is 1.24. The second kappa shape index (κ2) is 8.10. The summed E-state index contributed by atoms with van der Waals surface area (Å²) in [5, 5.41) is 3.74. The molecule has 1 aromatic carbocycles. The quantitative estimate of drug-likeness (QED) is 0.689. The van der Waals surface area contributed by atoms with Crippen LogP contribution in [0.2, 0.25) is 0 Å². The van der Waals surface area contributed by atoms with Gasteiger partial charge in [0.1, 0.15) is 5.76 Å². The van der Waals surface area contributed by atoms with E-state index in [4.69, 9.17) is 4.52 Å². The number of hydrogen-bond donors (Lipinski definition) is 0. The van der Waals surface area contributed by atoms with Crippen LogP contribution < -0.4 is 0 Å². The highest BCUT2D eigenvalue weighted by atomic mass is 16.5. The molecule has 0 unspecified atom stereocenters. The van der Waals surface area contributed by atoms with E-state index >= 15 is 0 Å². The van der Waals surface area contributed by atoms with Gasteiger partial charge in [0.05, 0.1) is 11.1 Å². The molecule has 9 nitrogen and oxygen atoms in total. The molecule has 0 aliphatic carbocycles. The van der Waals surface area contributed by atoms with Crippen LogP contribution >= 0.6 is 0 Å². The average molecular weight is 410 g/mol. The summed E-state index contributed by atoms with van der Waals surface area (Å²) in [6, 6.07) is 8.33. The summed E-state index contributed by atoms with van der Waals surface area (Å²) in [5.41, 5.74) is 1.10. The zero-order valence-electron chi connectivity index (χ0n) is 16.7. The topological polar surface area (TPSA) is 104 Å². The summed E-state index contributed by atoms with van der Waals surface area (Å²) in [5.74, 6) is -0.290. The van der Waals surface area contributed by atoms with Crippen LogP contribution in [0.1, 0.15) is 49.8 Å². The highest BCUT2D eigenvalue weighted by Gasteiger charge is 2.34. The van der Waals surface area contributed by atoms with Crippen LogP contribution in [0.4, 0.5) is 0 Å². The number of aromatic nitrogens is 1. The van der Waals surface area contributed by atoms with Crippen LogP contribution in [-0.4, -0.2) is 76.2 Å². The number of hydrogen-bond acceptors (Lipinski definition) is 6. The minimum absolute atomic E-state index is 0.0454. The lowest BCUT2D eigenvalue weighted by atomic mass is 10.1. The van der Waals surface area contributed by atoms with Crippen molar-refractivity contribution in [2.75, 3.05) is 32.7 Å². The van der Waals surface area contributed by atoms with Gasteiger partial charge in [0.25, 0.3) is 17.7 Å². The minimum Gasteiger partial charge on any atom is -0.361 e. The zero-order valence-corrected chi connectivity index (χ0v) is 16.7. The highest BCUT2D eigenvalue weighted by Crippen LogP contribution is 2.22. The number of benzene rings is 1. The molecule has 2 aromatic rings. The highest BCUT2D eigenvalue weighted by molar-refractivity contribution is 6.21. The van der Waals surface area contributed by atoms with Gasteiger partial charge < -0.3 is 14.3 Å². The summed E-state index contributed by atoms with van der Waals surface area (Å²) in [7, 11) is 0. The lowest BCUT2D eigenvalue weighted by Gasteiger charge is -2.34. The van der Waals surface area contributed by atoms with Crippen molar-refractivity contribution in [3.63, 3.8) is 0 Å². The van der Waals surface area contributed by atoms with Crippen molar-refractivity contribution in [2.24, 2.45) is 0 Å². The van der Waals surface area contributed by atoms with Gasteiger partial charge >= 0.3 is 0 Å². The van der Waals surface area contributed by atoms with Crippen molar-refractivity contribution in [1.29, 1.82) is 0 Å². The third-order valence-electron chi connectivity index (χ3n) is 5.42. The van der Waals surface area contributed by atoms with Gasteiger partial charge in [0.15, 0.2) is 5.69 Å². The van der Waals surface area contributed by atoms with Crippen molar-refractivity contribution < 1.29 is 23.7 Å². The largest absolute Gasteiger partial charge is 0.361 e. The van der Waals surface area contributed by atoms with E-state index in [0.29, 0.717) is 49.5 Å². The van der Waals surface area contributed by atoms with E-state index in [2.05, 4.69) is 5.16 Å². The number of aryl methyl sites for hydroxylation is 1. The molecule has 156 valence electrons. The van der Waals surface area contributed by atoms with Gasteiger partial charge in [-0.15, -0.1) is 0 Å². The predicted octanol–water partition coefficient (Wildman–Crippen LogP) is 1.34. The molecule has 0 N–H and O–H groups in total. The van der Waals surface area contributed by atoms with E-state index in [0.717, 1.165) is 0 Å². The summed E-state index contributed by atoms with van der Waals surface area (Å²) >= 11 is 0. The fraction of sp³-hybridized carbons (Fsp3) is 0.381. The van der Waals surface area contributed by atoms with Crippen LogP contribution in [0.3, 0.4) is 0 Å². The van der Waals surface area contributed by atoms with E-state index in [1.807, 2.05) is 0 Å². The first-order valence-electron chi connectivity index (χ1n) is 9.91. The van der Waals surface area contributed by atoms with Crippen molar-refractivity contribution in [1.82, 2.24) is 19.9 Å².